The van der Waals surface area contributed by atoms with Gasteiger partial charge in [0.05, 0.1) is 13.0 Å². The second-order valence-electron chi connectivity index (χ2n) is 2.07. The van der Waals surface area contributed by atoms with E-state index in [1.807, 2.05) is 0 Å². The second kappa shape index (κ2) is 5.99. The Morgan fingerprint density at radius 3 is 2.54 bits per heavy atom. The summed E-state index contributed by atoms with van der Waals surface area (Å²) < 4.78 is 8.61. The number of carbonyl (C=O) groups is 3. The number of aliphatic carboxylic acids is 1. The zero-order valence-electron chi connectivity index (χ0n) is 7.06. The molecular formula is C7H10O6. The molecule has 0 amide bonds. The van der Waals surface area contributed by atoms with Crippen molar-refractivity contribution in [3.05, 3.63) is 0 Å². The molecule has 0 bridgehead atoms. The molecule has 1 N–H and O–H groups in total. The van der Waals surface area contributed by atoms with Crippen LogP contribution in [0.4, 0.5) is 0 Å². The van der Waals surface area contributed by atoms with E-state index in [0.717, 1.165) is 0 Å². The third-order valence-corrected chi connectivity index (χ3v) is 1.15. The van der Waals surface area contributed by atoms with Crippen molar-refractivity contribution in [3.63, 3.8) is 0 Å². The smallest absolute Gasteiger partial charge is 0.345 e. The van der Waals surface area contributed by atoms with Gasteiger partial charge in [0.25, 0.3) is 6.47 Å². The normalized spacial score (nSPS) is 11.5. The molecule has 0 fully saturated rings. The van der Waals surface area contributed by atoms with Crippen molar-refractivity contribution in [2.75, 3.05) is 6.61 Å². The van der Waals surface area contributed by atoms with Gasteiger partial charge >= 0.3 is 11.9 Å². The first kappa shape index (κ1) is 11.4. The Morgan fingerprint density at radius 2 is 2.15 bits per heavy atom. The third kappa shape index (κ3) is 4.78. The largest absolute Gasteiger partial charge is 0.478 e. The monoisotopic (exact) mass is 190 g/mol. The van der Waals surface area contributed by atoms with E-state index in [4.69, 9.17) is 5.11 Å². The quantitative estimate of drug-likeness (QED) is 0.451. The highest BCUT2D eigenvalue weighted by molar-refractivity contribution is 5.81. The van der Waals surface area contributed by atoms with Crippen LogP contribution in [-0.2, 0) is 23.9 Å². The molecule has 0 aliphatic rings. The lowest BCUT2D eigenvalue weighted by atomic mass is 10.2. The molecule has 0 radical (unpaired) electrons. The molecule has 74 valence electrons. The van der Waals surface area contributed by atoms with Crippen LogP contribution in [0, 0.1) is 0 Å². The highest BCUT2D eigenvalue weighted by atomic mass is 16.6. The van der Waals surface area contributed by atoms with Gasteiger partial charge in [-0.2, -0.15) is 0 Å². The number of carbonyl (C=O) groups excluding carboxylic acids is 2. The number of carboxylic acid groups (broad SMARTS) is 1. The number of carboxylic acids is 1. The second-order valence-corrected chi connectivity index (χ2v) is 2.07. The number of hydrogen-bond donors (Lipinski definition) is 1. The summed E-state index contributed by atoms with van der Waals surface area (Å²) in [6.45, 7) is 1.73. The van der Waals surface area contributed by atoms with Crippen LogP contribution in [0.3, 0.4) is 0 Å². The van der Waals surface area contributed by atoms with E-state index in [0.29, 0.717) is 0 Å². The Hall–Kier alpha value is -1.59. The van der Waals surface area contributed by atoms with Gasteiger partial charge in [0.2, 0.25) is 6.10 Å². The third-order valence-electron chi connectivity index (χ3n) is 1.15. The van der Waals surface area contributed by atoms with E-state index in [1.54, 1.807) is 6.92 Å². The van der Waals surface area contributed by atoms with Gasteiger partial charge in [-0.25, -0.2) is 4.79 Å². The maximum atomic E-state index is 10.8. The number of hydrogen-bond acceptors (Lipinski definition) is 5. The van der Waals surface area contributed by atoms with Crippen LogP contribution in [0.1, 0.15) is 13.3 Å². The Kier molecular flexibility index (Phi) is 5.25. The number of ether oxygens (including phenoxy) is 2. The van der Waals surface area contributed by atoms with Gasteiger partial charge in [-0.05, 0) is 6.92 Å². The van der Waals surface area contributed by atoms with Crippen molar-refractivity contribution < 1.29 is 29.0 Å². The number of esters is 1. The fraction of sp³-hybridized carbons (Fsp3) is 0.571. The molecule has 13 heavy (non-hydrogen) atoms. The molecule has 0 aromatic rings. The van der Waals surface area contributed by atoms with Crippen molar-refractivity contribution in [3.8, 4) is 0 Å². The molecule has 0 aliphatic heterocycles. The summed E-state index contributed by atoms with van der Waals surface area (Å²) in [5, 5.41) is 8.43. The average Bonchev–Trinajstić information content (AvgIpc) is 2.04. The van der Waals surface area contributed by atoms with E-state index >= 15 is 0 Å². The van der Waals surface area contributed by atoms with Gasteiger partial charge < -0.3 is 14.6 Å². The summed E-state index contributed by atoms with van der Waals surface area (Å²) in [4.78, 5) is 30.9. The van der Waals surface area contributed by atoms with Crippen LogP contribution in [0.25, 0.3) is 0 Å². The first-order valence-corrected chi connectivity index (χ1v) is 3.59. The lowest BCUT2D eigenvalue weighted by Gasteiger charge is -2.08. The summed E-state index contributed by atoms with van der Waals surface area (Å²) in [6, 6.07) is 0. The fourth-order valence-corrected chi connectivity index (χ4v) is 0.632. The molecule has 0 saturated heterocycles. The Labute approximate surface area is 74.4 Å². The predicted octanol–water partition coefficient (Wildman–Crippen LogP) is -0.434. The van der Waals surface area contributed by atoms with Crippen LogP contribution >= 0.6 is 0 Å². The molecule has 1 unspecified atom stereocenters. The average molecular weight is 190 g/mol. The lowest BCUT2D eigenvalue weighted by Crippen LogP contribution is -2.27. The molecule has 1 atom stereocenters. The molecule has 0 saturated carbocycles. The summed E-state index contributed by atoms with van der Waals surface area (Å²) in [7, 11) is 0. The zero-order valence-corrected chi connectivity index (χ0v) is 7.06. The molecule has 0 aromatic carbocycles. The summed E-state index contributed by atoms with van der Waals surface area (Å²) in [5.41, 5.74) is 0. The van der Waals surface area contributed by atoms with E-state index in [2.05, 4.69) is 9.47 Å². The van der Waals surface area contributed by atoms with Gasteiger partial charge in [0.15, 0.2) is 0 Å². The van der Waals surface area contributed by atoms with Crippen molar-refractivity contribution in [2.24, 2.45) is 0 Å². The van der Waals surface area contributed by atoms with Crippen molar-refractivity contribution in [2.45, 2.75) is 19.4 Å². The van der Waals surface area contributed by atoms with Gasteiger partial charge in [-0.1, -0.05) is 0 Å². The number of rotatable bonds is 6. The molecule has 0 aromatic heterocycles. The van der Waals surface area contributed by atoms with E-state index < -0.39 is 24.5 Å². The van der Waals surface area contributed by atoms with Crippen LogP contribution in [0.2, 0.25) is 0 Å². The van der Waals surface area contributed by atoms with Crippen LogP contribution in [0.15, 0.2) is 0 Å². The minimum absolute atomic E-state index is 0.0159. The first-order chi connectivity index (χ1) is 6.11. The van der Waals surface area contributed by atoms with E-state index in [-0.39, 0.29) is 13.1 Å². The summed E-state index contributed by atoms with van der Waals surface area (Å²) in [5.74, 6) is -2.09. The Morgan fingerprint density at radius 1 is 1.54 bits per heavy atom. The minimum atomic E-state index is -1.46. The van der Waals surface area contributed by atoms with Crippen LogP contribution in [-0.4, -0.2) is 36.2 Å². The molecule has 0 spiro atoms. The maximum Gasteiger partial charge on any atom is 0.345 e. The summed E-state index contributed by atoms with van der Waals surface area (Å²) in [6.07, 6.45) is -1.93. The van der Waals surface area contributed by atoms with E-state index in [1.165, 1.54) is 0 Å². The molecule has 0 rings (SSSR count). The van der Waals surface area contributed by atoms with Gasteiger partial charge in [0.1, 0.15) is 0 Å². The SMILES string of the molecule is CCOC(=O)CC(OC=O)C(=O)O. The lowest BCUT2D eigenvalue weighted by molar-refractivity contribution is -0.162. The van der Waals surface area contributed by atoms with Crippen molar-refractivity contribution in [1.82, 2.24) is 0 Å². The topological polar surface area (TPSA) is 89.9 Å². The highest BCUT2D eigenvalue weighted by Crippen LogP contribution is 1.99. The van der Waals surface area contributed by atoms with Gasteiger partial charge in [0, 0.05) is 0 Å². The minimum Gasteiger partial charge on any atom is -0.478 e. The Bertz CT molecular complexity index is 199. The standard InChI is InChI=1S/C7H10O6/c1-2-12-6(9)3-5(7(10)11)13-4-8/h4-5H,2-3H2,1H3,(H,10,11). The van der Waals surface area contributed by atoms with Gasteiger partial charge in [-0.3, -0.25) is 9.59 Å². The summed E-state index contributed by atoms with van der Waals surface area (Å²) >= 11 is 0. The molecule has 0 heterocycles. The molecular weight excluding hydrogens is 180 g/mol. The Balaban J connectivity index is 4.01. The van der Waals surface area contributed by atoms with Crippen molar-refractivity contribution >= 4 is 18.4 Å². The van der Waals surface area contributed by atoms with E-state index in [9.17, 15) is 14.4 Å². The zero-order chi connectivity index (χ0) is 10.3. The predicted molar refractivity (Wildman–Crippen MR) is 39.8 cm³/mol. The molecule has 0 aliphatic carbocycles. The molecule has 6 heteroatoms. The maximum absolute atomic E-state index is 10.8. The fourth-order valence-electron chi connectivity index (χ4n) is 0.632. The molecule has 6 nitrogen and oxygen atoms in total. The van der Waals surface area contributed by atoms with Crippen LogP contribution in [0.5, 0.6) is 0 Å². The first-order valence-electron chi connectivity index (χ1n) is 3.59. The van der Waals surface area contributed by atoms with Gasteiger partial charge in [-0.15, -0.1) is 0 Å². The highest BCUT2D eigenvalue weighted by Gasteiger charge is 2.22. The van der Waals surface area contributed by atoms with Crippen LogP contribution < -0.4 is 0 Å². The van der Waals surface area contributed by atoms with Crippen molar-refractivity contribution in [1.29, 1.82) is 0 Å².